The molecule has 0 aromatic carbocycles. The van der Waals surface area contributed by atoms with Crippen molar-refractivity contribution in [3.63, 3.8) is 0 Å². The standard InChI is InChI=1S/C9H9BrClN3O/c1-5-8(11)9(12)14(13-5)4-7-6(10)2-3-15-7/h2-3H,4,12H2,1H3. The summed E-state index contributed by atoms with van der Waals surface area (Å²) in [6, 6.07) is 1.82. The van der Waals surface area contributed by atoms with E-state index in [2.05, 4.69) is 21.0 Å². The van der Waals surface area contributed by atoms with Gasteiger partial charge >= 0.3 is 0 Å². The maximum Gasteiger partial charge on any atom is 0.141 e. The minimum atomic E-state index is 0.456. The van der Waals surface area contributed by atoms with Gasteiger partial charge in [0.05, 0.1) is 16.4 Å². The van der Waals surface area contributed by atoms with Crippen molar-refractivity contribution in [2.45, 2.75) is 13.5 Å². The van der Waals surface area contributed by atoms with E-state index in [1.807, 2.05) is 13.0 Å². The van der Waals surface area contributed by atoms with Gasteiger partial charge in [0, 0.05) is 0 Å². The molecule has 2 N–H and O–H groups in total. The average Bonchev–Trinajstić information content (AvgIpc) is 2.69. The lowest BCUT2D eigenvalue weighted by Crippen LogP contribution is -2.05. The van der Waals surface area contributed by atoms with E-state index in [4.69, 9.17) is 21.8 Å². The summed E-state index contributed by atoms with van der Waals surface area (Å²) in [6.45, 7) is 2.28. The number of nitrogens with two attached hydrogens (primary N) is 1. The zero-order chi connectivity index (χ0) is 11.0. The molecule has 80 valence electrons. The third kappa shape index (κ3) is 1.89. The molecule has 4 nitrogen and oxygen atoms in total. The normalized spacial score (nSPS) is 10.9. The maximum atomic E-state index is 5.93. The van der Waals surface area contributed by atoms with Crippen molar-refractivity contribution in [1.29, 1.82) is 0 Å². The summed E-state index contributed by atoms with van der Waals surface area (Å²) >= 11 is 9.29. The Kier molecular flexibility index (Phi) is 2.75. The summed E-state index contributed by atoms with van der Waals surface area (Å²) in [4.78, 5) is 0. The summed E-state index contributed by atoms with van der Waals surface area (Å²) < 4.78 is 7.77. The van der Waals surface area contributed by atoms with Crippen LogP contribution in [-0.4, -0.2) is 9.78 Å². The first-order chi connectivity index (χ1) is 7.09. The Morgan fingerprint density at radius 3 is 2.87 bits per heavy atom. The van der Waals surface area contributed by atoms with Crippen LogP contribution in [-0.2, 0) is 6.54 Å². The lowest BCUT2D eigenvalue weighted by Gasteiger charge is -2.01. The van der Waals surface area contributed by atoms with Crippen LogP contribution in [0.2, 0.25) is 5.02 Å². The first-order valence-corrected chi connectivity index (χ1v) is 5.47. The summed E-state index contributed by atoms with van der Waals surface area (Å²) in [6.07, 6.45) is 1.60. The van der Waals surface area contributed by atoms with Crippen LogP contribution in [0.25, 0.3) is 0 Å². The highest BCUT2D eigenvalue weighted by molar-refractivity contribution is 9.10. The molecule has 0 radical (unpaired) electrons. The van der Waals surface area contributed by atoms with Crippen molar-refractivity contribution in [2.75, 3.05) is 5.73 Å². The van der Waals surface area contributed by atoms with Crippen LogP contribution in [0.4, 0.5) is 5.82 Å². The molecule has 0 aliphatic heterocycles. The van der Waals surface area contributed by atoms with Gasteiger partial charge in [-0.2, -0.15) is 5.10 Å². The number of halogens is 2. The van der Waals surface area contributed by atoms with Crippen LogP contribution in [0, 0.1) is 6.92 Å². The van der Waals surface area contributed by atoms with Crippen LogP contribution in [0.1, 0.15) is 11.5 Å². The number of furan rings is 1. The Labute approximate surface area is 100 Å². The Bertz CT molecular complexity index is 492. The molecule has 0 aliphatic carbocycles. The number of nitrogens with zero attached hydrogens (tertiary/aromatic N) is 2. The van der Waals surface area contributed by atoms with E-state index in [1.165, 1.54) is 0 Å². The van der Waals surface area contributed by atoms with Crippen molar-refractivity contribution in [1.82, 2.24) is 9.78 Å². The van der Waals surface area contributed by atoms with Crippen LogP contribution in [0.5, 0.6) is 0 Å². The number of anilines is 1. The Balaban J connectivity index is 2.33. The van der Waals surface area contributed by atoms with Crippen LogP contribution in [0.15, 0.2) is 21.2 Å². The molecule has 15 heavy (non-hydrogen) atoms. The Morgan fingerprint density at radius 1 is 1.67 bits per heavy atom. The summed E-state index contributed by atoms with van der Waals surface area (Å²) in [5, 5.41) is 4.70. The largest absolute Gasteiger partial charge is 0.466 e. The predicted octanol–water partition coefficient (Wildman–Crippen LogP) is 2.83. The molecule has 0 amide bonds. The fourth-order valence-electron chi connectivity index (χ4n) is 1.27. The van der Waals surface area contributed by atoms with Crippen molar-refractivity contribution < 1.29 is 4.42 Å². The van der Waals surface area contributed by atoms with Gasteiger partial charge in [0.2, 0.25) is 0 Å². The molecule has 6 heteroatoms. The molecule has 2 aromatic heterocycles. The van der Waals surface area contributed by atoms with Gasteiger partial charge in [-0.3, -0.25) is 0 Å². The van der Waals surface area contributed by atoms with Gasteiger partial charge in [0.1, 0.15) is 23.1 Å². The van der Waals surface area contributed by atoms with Crippen molar-refractivity contribution in [2.24, 2.45) is 0 Å². The fraction of sp³-hybridized carbons (Fsp3) is 0.222. The summed E-state index contributed by atoms with van der Waals surface area (Å²) in [7, 11) is 0. The molecule has 2 aromatic rings. The predicted molar refractivity (Wildman–Crippen MR) is 61.9 cm³/mol. The molecule has 0 saturated heterocycles. The highest BCUT2D eigenvalue weighted by atomic mass is 79.9. The highest BCUT2D eigenvalue weighted by Gasteiger charge is 2.12. The van der Waals surface area contributed by atoms with Crippen molar-refractivity contribution in [3.8, 4) is 0 Å². The number of aromatic nitrogens is 2. The van der Waals surface area contributed by atoms with E-state index in [-0.39, 0.29) is 0 Å². The van der Waals surface area contributed by atoms with Gasteiger partial charge in [-0.15, -0.1) is 0 Å². The van der Waals surface area contributed by atoms with Crippen LogP contribution in [0.3, 0.4) is 0 Å². The smallest absolute Gasteiger partial charge is 0.141 e. The Morgan fingerprint density at radius 2 is 2.40 bits per heavy atom. The fourth-order valence-corrected chi connectivity index (χ4v) is 1.73. The number of aryl methyl sites for hydroxylation is 1. The van der Waals surface area contributed by atoms with Gasteiger partial charge in [-0.25, -0.2) is 4.68 Å². The lowest BCUT2D eigenvalue weighted by atomic mass is 10.4. The minimum Gasteiger partial charge on any atom is -0.466 e. The molecular weight excluding hydrogens is 281 g/mol. The van der Waals surface area contributed by atoms with E-state index >= 15 is 0 Å². The number of hydrogen-bond acceptors (Lipinski definition) is 3. The monoisotopic (exact) mass is 289 g/mol. The molecule has 0 bridgehead atoms. The zero-order valence-corrected chi connectivity index (χ0v) is 10.3. The van der Waals surface area contributed by atoms with Crippen LogP contribution >= 0.6 is 27.5 Å². The van der Waals surface area contributed by atoms with Gasteiger partial charge in [0.25, 0.3) is 0 Å². The highest BCUT2D eigenvalue weighted by Crippen LogP contribution is 2.25. The number of hydrogen-bond donors (Lipinski definition) is 1. The SMILES string of the molecule is Cc1nn(Cc2occc2Br)c(N)c1Cl. The molecule has 0 unspecified atom stereocenters. The molecule has 0 fully saturated rings. The van der Waals surface area contributed by atoms with Crippen molar-refractivity contribution >= 4 is 33.3 Å². The third-order valence-electron chi connectivity index (χ3n) is 2.08. The van der Waals surface area contributed by atoms with E-state index < -0.39 is 0 Å². The second kappa shape index (κ2) is 3.90. The first-order valence-electron chi connectivity index (χ1n) is 4.30. The molecular formula is C9H9BrClN3O. The van der Waals surface area contributed by atoms with Gasteiger partial charge < -0.3 is 10.2 Å². The first kappa shape index (κ1) is 10.6. The molecule has 0 atom stereocenters. The molecule has 2 heterocycles. The number of nitrogen functional groups attached to an aromatic ring is 1. The number of rotatable bonds is 2. The molecule has 0 spiro atoms. The zero-order valence-electron chi connectivity index (χ0n) is 8.00. The average molecular weight is 291 g/mol. The van der Waals surface area contributed by atoms with Crippen molar-refractivity contribution in [3.05, 3.63) is 33.3 Å². The second-order valence-corrected chi connectivity index (χ2v) is 4.37. The summed E-state index contributed by atoms with van der Waals surface area (Å²) in [5.74, 6) is 1.22. The lowest BCUT2D eigenvalue weighted by molar-refractivity contribution is 0.479. The molecule has 0 saturated carbocycles. The van der Waals surface area contributed by atoms with E-state index in [1.54, 1.807) is 10.9 Å². The second-order valence-electron chi connectivity index (χ2n) is 3.13. The summed E-state index contributed by atoms with van der Waals surface area (Å²) in [5.41, 5.74) is 6.50. The van der Waals surface area contributed by atoms with Gasteiger partial charge in [-0.05, 0) is 28.9 Å². The van der Waals surface area contributed by atoms with E-state index in [0.29, 0.717) is 17.4 Å². The quantitative estimate of drug-likeness (QED) is 0.925. The topological polar surface area (TPSA) is 57.0 Å². The van der Waals surface area contributed by atoms with E-state index in [9.17, 15) is 0 Å². The van der Waals surface area contributed by atoms with E-state index in [0.717, 1.165) is 15.9 Å². The van der Waals surface area contributed by atoms with Gasteiger partial charge in [-0.1, -0.05) is 11.6 Å². The van der Waals surface area contributed by atoms with Crippen LogP contribution < -0.4 is 5.73 Å². The molecule has 0 aliphatic rings. The maximum absolute atomic E-state index is 5.93. The molecule has 2 rings (SSSR count). The Hall–Kier alpha value is -0.940. The third-order valence-corrected chi connectivity index (χ3v) is 3.25. The van der Waals surface area contributed by atoms with Gasteiger partial charge in [0.15, 0.2) is 0 Å². The minimum absolute atomic E-state index is 0.456.